The molecule has 7 nitrogen and oxygen atoms in total. The number of carbonyl (C=O) groups excluding carboxylic acids is 1. The third-order valence-electron chi connectivity index (χ3n) is 5.23. The summed E-state index contributed by atoms with van der Waals surface area (Å²) in [5, 5.41) is 6.08. The number of hydrogen-bond donors (Lipinski definition) is 2. The van der Waals surface area contributed by atoms with Crippen LogP contribution in [-0.2, 0) is 6.54 Å². The Labute approximate surface area is 160 Å². The zero-order valence-corrected chi connectivity index (χ0v) is 16.2. The molecule has 0 saturated carbocycles. The lowest BCUT2D eigenvalue weighted by Crippen LogP contribution is -2.48. The lowest BCUT2D eigenvalue weighted by atomic mass is 9.93. The average molecular weight is 368 g/mol. The van der Waals surface area contributed by atoms with E-state index in [9.17, 15) is 4.79 Å². The molecule has 27 heavy (non-hydrogen) atoms. The first kappa shape index (κ1) is 18.9. The number of imidazole rings is 1. The van der Waals surface area contributed by atoms with Crippen LogP contribution in [0.5, 0.6) is 0 Å². The van der Waals surface area contributed by atoms with Crippen molar-refractivity contribution >= 4 is 11.9 Å². The molecular formula is C20H28N6O. The SMILES string of the molecule is CN=C(NCc1ccc(C(=O)NC)cc1)N1CCC(C)C(n2ccnc2)C1. The fourth-order valence-corrected chi connectivity index (χ4v) is 3.53. The van der Waals surface area contributed by atoms with Crippen LogP contribution in [0.3, 0.4) is 0 Å². The first-order valence-electron chi connectivity index (χ1n) is 9.36. The van der Waals surface area contributed by atoms with Gasteiger partial charge in [0.05, 0.1) is 12.4 Å². The summed E-state index contributed by atoms with van der Waals surface area (Å²) in [5.41, 5.74) is 1.78. The number of hydrogen-bond acceptors (Lipinski definition) is 3. The van der Waals surface area contributed by atoms with Crippen LogP contribution in [0.25, 0.3) is 0 Å². The Morgan fingerprint density at radius 2 is 2.11 bits per heavy atom. The number of aromatic nitrogens is 2. The van der Waals surface area contributed by atoms with Crippen molar-refractivity contribution in [3.8, 4) is 0 Å². The number of amides is 1. The molecule has 2 atom stereocenters. The van der Waals surface area contributed by atoms with Gasteiger partial charge >= 0.3 is 0 Å². The van der Waals surface area contributed by atoms with Crippen molar-refractivity contribution in [3.05, 3.63) is 54.1 Å². The summed E-state index contributed by atoms with van der Waals surface area (Å²) >= 11 is 0. The molecule has 1 saturated heterocycles. The highest BCUT2D eigenvalue weighted by Gasteiger charge is 2.28. The van der Waals surface area contributed by atoms with Crippen LogP contribution >= 0.6 is 0 Å². The Morgan fingerprint density at radius 3 is 2.74 bits per heavy atom. The van der Waals surface area contributed by atoms with Gasteiger partial charge in [0, 0.05) is 51.7 Å². The number of rotatable bonds is 4. The molecule has 0 bridgehead atoms. The van der Waals surface area contributed by atoms with E-state index in [1.807, 2.05) is 50.0 Å². The van der Waals surface area contributed by atoms with Gasteiger partial charge in [0.1, 0.15) is 0 Å². The van der Waals surface area contributed by atoms with E-state index in [4.69, 9.17) is 0 Å². The van der Waals surface area contributed by atoms with Crippen molar-refractivity contribution in [2.45, 2.75) is 25.9 Å². The summed E-state index contributed by atoms with van der Waals surface area (Å²) in [7, 11) is 3.46. The molecule has 1 aliphatic heterocycles. The van der Waals surface area contributed by atoms with Crippen LogP contribution in [0.1, 0.15) is 35.3 Å². The molecule has 2 heterocycles. The molecule has 1 aromatic heterocycles. The van der Waals surface area contributed by atoms with Gasteiger partial charge in [-0.15, -0.1) is 0 Å². The summed E-state index contributed by atoms with van der Waals surface area (Å²) in [5.74, 6) is 1.44. The lowest BCUT2D eigenvalue weighted by Gasteiger charge is -2.39. The molecule has 0 aliphatic carbocycles. The van der Waals surface area contributed by atoms with Crippen molar-refractivity contribution in [1.29, 1.82) is 0 Å². The number of carbonyl (C=O) groups is 1. The Morgan fingerprint density at radius 1 is 1.33 bits per heavy atom. The molecule has 2 N–H and O–H groups in total. The topological polar surface area (TPSA) is 74.6 Å². The summed E-state index contributed by atoms with van der Waals surface area (Å²) < 4.78 is 2.20. The van der Waals surface area contributed by atoms with Crippen LogP contribution in [0, 0.1) is 5.92 Å². The molecule has 0 spiro atoms. The number of nitrogens with one attached hydrogen (secondary N) is 2. The van der Waals surface area contributed by atoms with Crippen LogP contribution in [0.4, 0.5) is 0 Å². The third-order valence-corrected chi connectivity index (χ3v) is 5.23. The van der Waals surface area contributed by atoms with Crippen molar-refractivity contribution in [2.75, 3.05) is 27.2 Å². The number of aliphatic imine (C=N–C) groups is 1. The molecule has 1 amide bonds. The van der Waals surface area contributed by atoms with E-state index < -0.39 is 0 Å². The van der Waals surface area contributed by atoms with E-state index in [0.29, 0.717) is 24.1 Å². The molecule has 1 fully saturated rings. The zero-order chi connectivity index (χ0) is 19.2. The second-order valence-corrected chi connectivity index (χ2v) is 6.97. The zero-order valence-electron chi connectivity index (χ0n) is 16.2. The maximum Gasteiger partial charge on any atom is 0.251 e. The molecule has 2 unspecified atom stereocenters. The fourth-order valence-electron chi connectivity index (χ4n) is 3.53. The van der Waals surface area contributed by atoms with E-state index in [-0.39, 0.29) is 5.91 Å². The number of likely N-dealkylation sites (tertiary alicyclic amines) is 1. The van der Waals surface area contributed by atoms with Gasteiger partial charge in [0.2, 0.25) is 0 Å². The molecule has 1 aromatic carbocycles. The Kier molecular flexibility index (Phi) is 6.11. The first-order chi connectivity index (χ1) is 13.1. The van der Waals surface area contributed by atoms with Gasteiger partial charge < -0.3 is 20.1 Å². The summed E-state index contributed by atoms with van der Waals surface area (Å²) in [6, 6.07) is 8.02. The predicted octanol–water partition coefficient (Wildman–Crippen LogP) is 1.90. The Bertz CT molecular complexity index is 768. The largest absolute Gasteiger partial charge is 0.355 e. The molecule has 3 rings (SSSR count). The fraction of sp³-hybridized carbons (Fsp3) is 0.450. The van der Waals surface area contributed by atoms with E-state index in [1.54, 1.807) is 7.05 Å². The maximum absolute atomic E-state index is 11.6. The molecule has 2 aromatic rings. The van der Waals surface area contributed by atoms with Crippen molar-refractivity contribution < 1.29 is 4.79 Å². The van der Waals surface area contributed by atoms with Gasteiger partial charge in [-0.2, -0.15) is 0 Å². The number of piperidine rings is 1. The quantitative estimate of drug-likeness (QED) is 0.639. The summed E-state index contributed by atoms with van der Waals surface area (Å²) in [4.78, 5) is 22.6. The standard InChI is InChI=1S/C20H28N6O/c1-15-8-10-25(13-18(15)26-11-9-23-14-26)20(22-3)24-12-16-4-6-17(7-5-16)19(27)21-2/h4-7,9,11,14-15,18H,8,10,12-13H2,1-3H3,(H,21,27)(H,22,24). The highest BCUT2D eigenvalue weighted by Crippen LogP contribution is 2.27. The van der Waals surface area contributed by atoms with Gasteiger partial charge in [-0.05, 0) is 30.0 Å². The highest BCUT2D eigenvalue weighted by molar-refractivity contribution is 5.93. The highest BCUT2D eigenvalue weighted by atomic mass is 16.1. The van der Waals surface area contributed by atoms with Gasteiger partial charge in [-0.25, -0.2) is 4.98 Å². The van der Waals surface area contributed by atoms with Crippen molar-refractivity contribution in [2.24, 2.45) is 10.9 Å². The first-order valence-corrected chi connectivity index (χ1v) is 9.36. The normalized spacial score (nSPS) is 20.4. The van der Waals surface area contributed by atoms with Crippen LogP contribution in [-0.4, -0.2) is 53.5 Å². The Hall–Kier alpha value is -2.83. The number of nitrogens with zero attached hydrogens (tertiary/aromatic N) is 4. The minimum Gasteiger partial charge on any atom is -0.355 e. The van der Waals surface area contributed by atoms with E-state index in [0.717, 1.165) is 31.0 Å². The van der Waals surface area contributed by atoms with E-state index in [1.165, 1.54) is 0 Å². The minimum atomic E-state index is -0.0710. The molecular weight excluding hydrogens is 340 g/mol. The Balaban J connectivity index is 1.61. The van der Waals surface area contributed by atoms with E-state index >= 15 is 0 Å². The average Bonchev–Trinajstić information content (AvgIpc) is 3.24. The molecule has 7 heteroatoms. The van der Waals surface area contributed by atoms with Crippen molar-refractivity contribution in [1.82, 2.24) is 25.1 Å². The number of benzene rings is 1. The number of guanidine groups is 1. The lowest BCUT2D eigenvalue weighted by molar-refractivity contribution is 0.0963. The van der Waals surface area contributed by atoms with Gasteiger partial charge in [-0.1, -0.05) is 19.1 Å². The second-order valence-electron chi connectivity index (χ2n) is 6.97. The van der Waals surface area contributed by atoms with Crippen molar-refractivity contribution in [3.63, 3.8) is 0 Å². The maximum atomic E-state index is 11.6. The van der Waals surface area contributed by atoms with Crippen LogP contribution in [0.15, 0.2) is 48.0 Å². The van der Waals surface area contributed by atoms with Gasteiger partial charge in [0.15, 0.2) is 5.96 Å². The summed E-state index contributed by atoms with van der Waals surface area (Å²) in [6.45, 7) is 4.86. The van der Waals surface area contributed by atoms with Crippen LogP contribution in [0.2, 0.25) is 0 Å². The molecule has 144 valence electrons. The second kappa shape index (κ2) is 8.70. The van der Waals surface area contributed by atoms with E-state index in [2.05, 4.69) is 37.0 Å². The van der Waals surface area contributed by atoms with Crippen LogP contribution < -0.4 is 10.6 Å². The molecule has 1 aliphatic rings. The van der Waals surface area contributed by atoms with Gasteiger partial charge in [-0.3, -0.25) is 9.79 Å². The smallest absolute Gasteiger partial charge is 0.251 e. The monoisotopic (exact) mass is 368 g/mol. The predicted molar refractivity (Wildman–Crippen MR) is 107 cm³/mol. The van der Waals surface area contributed by atoms with Gasteiger partial charge in [0.25, 0.3) is 5.91 Å². The minimum absolute atomic E-state index is 0.0710. The summed E-state index contributed by atoms with van der Waals surface area (Å²) in [6.07, 6.45) is 6.88. The molecule has 0 radical (unpaired) electrons. The third kappa shape index (κ3) is 4.48.